The van der Waals surface area contributed by atoms with Gasteiger partial charge in [0.15, 0.2) is 0 Å². The van der Waals surface area contributed by atoms with Crippen molar-refractivity contribution in [2.45, 2.75) is 31.8 Å². The normalized spacial score (nSPS) is 15.7. The molecule has 0 unspecified atom stereocenters. The highest BCUT2D eigenvalue weighted by atomic mass is 16.3. The third-order valence-electron chi connectivity index (χ3n) is 4.48. The Kier molecular flexibility index (Phi) is 11.3. The molecule has 0 bridgehead atoms. The van der Waals surface area contributed by atoms with E-state index in [0.29, 0.717) is 12.8 Å². The van der Waals surface area contributed by atoms with Gasteiger partial charge in [-0.3, -0.25) is 33.6 Å². The maximum atomic E-state index is 12.8. The second kappa shape index (κ2) is 13.6. The quantitative estimate of drug-likeness (QED) is 0.145. The molecular formula is C18H29N7O8. The molecule has 0 aliphatic carbocycles. The van der Waals surface area contributed by atoms with Gasteiger partial charge in [-0.2, -0.15) is 0 Å². The van der Waals surface area contributed by atoms with Crippen LogP contribution >= 0.6 is 0 Å². The van der Waals surface area contributed by atoms with Crippen molar-refractivity contribution in [2.24, 2.45) is 5.73 Å². The Hall–Kier alpha value is -3.75. The lowest BCUT2D eigenvalue weighted by Crippen LogP contribution is -2.56. The van der Waals surface area contributed by atoms with Gasteiger partial charge in [0.2, 0.25) is 41.4 Å². The number of rotatable bonds is 12. The first-order valence-electron chi connectivity index (χ1n) is 10.1. The number of nitrogens with two attached hydrogens (primary N) is 1. The predicted molar refractivity (Wildman–Crippen MR) is 111 cm³/mol. The van der Waals surface area contributed by atoms with Gasteiger partial charge in [0.05, 0.1) is 32.8 Å². The average molecular weight is 471 g/mol. The molecule has 15 heteroatoms. The summed E-state index contributed by atoms with van der Waals surface area (Å²) in [6.45, 7) is -0.947. The molecule has 0 aromatic carbocycles. The molecule has 0 saturated carbocycles. The Bertz CT molecular complexity index is 788. The predicted octanol–water partition coefficient (Wildman–Crippen LogP) is -5.58. The number of primary amides is 1. The molecule has 1 aliphatic heterocycles. The van der Waals surface area contributed by atoms with Gasteiger partial charge in [-0.05, 0) is 12.8 Å². The highest BCUT2D eigenvalue weighted by molar-refractivity contribution is 5.95. The second-order valence-electron chi connectivity index (χ2n) is 7.14. The number of amides is 7. The van der Waals surface area contributed by atoms with E-state index >= 15 is 0 Å². The van der Waals surface area contributed by atoms with Crippen molar-refractivity contribution in [1.29, 1.82) is 0 Å². The molecule has 0 aromatic heterocycles. The van der Waals surface area contributed by atoms with E-state index in [4.69, 9.17) is 5.73 Å². The summed E-state index contributed by atoms with van der Waals surface area (Å²) in [4.78, 5) is 82.9. The van der Waals surface area contributed by atoms with Crippen LogP contribution < -0.4 is 32.3 Å². The Morgan fingerprint density at radius 3 is 2.06 bits per heavy atom. The summed E-state index contributed by atoms with van der Waals surface area (Å²) in [7, 11) is 0. The minimum atomic E-state index is -1.35. The van der Waals surface area contributed by atoms with Gasteiger partial charge in [0.1, 0.15) is 12.1 Å². The van der Waals surface area contributed by atoms with E-state index in [1.54, 1.807) is 0 Å². The van der Waals surface area contributed by atoms with Gasteiger partial charge in [-0.25, -0.2) is 0 Å². The smallest absolute Gasteiger partial charge is 0.248 e. The molecule has 1 aliphatic rings. The van der Waals surface area contributed by atoms with Crippen LogP contribution in [0.3, 0.4) is 0 Å². The molecule has 2 atom stereocenters. The van der Waals surface area contributed by atoms with E-state index in [1.807, 2.05) is 0 Å². The molecule has 1 rings (SSSR count). The fourth-order valence-electron chi connectivity index (χ4n) is 2.91. The number of carbonyl (C=O) groups excluding carboxylic acids is 7. The van der Waals surface area contributed by atoms with Crippen molar-refractivity contribution in [3.8, 4) is 0 Å². The van der Waals surface area contributed by atoms with E-state index in [2.05, 4.69) is 26.6 Å². The Morgan fingerprint density at radius 2 is 1.48 bits per heavy atom. The number of nitrogens with zero attached hydrogens (tertiary/aromatic N) is 1. The lowest BCUT2D eigenvalue weighted by atomic mass is 10.2. The molecule has 1 heterocycles. The number of likely N-dealkylation sites (tertiary alicyclic amines) is 1. The molecule has 7 amide bonds. The van der Waals surface area contributed by atoms with Gasteiger partial charge in [0, 0.05) is 13.5 Å². The highest BCUT2D eigenvalue weighted by Crippen LogP contribution is 2.18. The van der Waals surface area contributed by atoms with Crippen LogP contribution in [0.5, 0.6) is 0 Å². The zero-order valence-electron chi connectivity index (χ0n) is 18.1. The molecule has 0 spiro atoms. The zero-order valence-corrected chi connectivity index (χ0v) is 18.1. The summed E-state index contributed by atoms with van der Waals surface area (Å²) >= 11 is 0. The lowest BCUT2D eigenvalue weighted by Gasteiger charge is -2.28. The van der Waals surface area contributed by atoms with Crippen LogP contribution in [-0.4, -0.2) is 103 Å². The molecule has 0 radical (unpaired) electrons. The Labute approximate surface area is 189 Å². The van der Waals surface area contributed by atoms with Crippen molar-refractivity contribution >= 4 is 41.4 Å². The van der Waals surface area contributed by atoms with Gasteiger partial charge in [-0.15, -0.1) is 0 Å². The molecule has 15 nitrogen and oxygen atoms in total. The van der Waals surface area contributed by atoms with Crippen molar-refractivity contribution in [3.05, 3.63) is 0 Å². The van der Waals surface area contributed by atoms with Crippen LogP contribution in [0, 0.1) is 0 Å². The molecule has 33 heavy (non-hydrogen) atoms. The Balaban J connectivity index is 2.56. The summed E-state index contributed by atoms with van der Waals surface area (Å²) in [5, 5.41) is 20.9. The van der Waals surface area contributed by atoms with Crippen LogP contribution in [0.25, 0.3) is 0 Å². The SMILES string of the molecule is CC(=O)NCC(=O)NCC(=O)N[C@@H](CO)C(=O)N1CCC[C@H]1C(=O)NCC(=O)NCC(N)=O. The van der Waals surface area contributed by atoms with Crippen LogP contribution in [0.4, 0.5) is 0 Å². The molecule has 1 saturated heterocycles. The van der Waals surface area contributed by atoms with Crippen molar-refractivity contribution in [1.82, 2.24) is 31.5 Å². The van der Waals surface area contributed by atoms with Gasteiger partial charge >= 0.3 is 0 Å². The number of nitrogens with one attached hydrogen (secondary N) is 5. The average Bonchev–Trinajstić information content (AvgIpc) is 3.26. The minimum Gasteiger partial charge on any atom is -0.394 e. The van der Waals surface area contributed by atoms with E-state index in [1.165, 1.54) is 11.8 Å². The summed E-state index contributed by atoms with van der Waals surface area (Å²) in [6.07, 6.45) is 0.800. The third-order valence-corrected chi connectivity index (χ3v) is 4.48. The number of carbonyl (C=O) groups is 7. The van der Waals surface area contributed by atoms with Crippen molar-refractivity contribution in [3.63, 3.8) is 0 Å². The van der Waals surface area contributed by atoms with Crippen LogP contribution in [0.15, 0.2) is 0 Å². The fourth-order valence-corrected chi connectivity index (χ4v) is 2.91. The second-order valence-corrected chi connectivity index (χ2v) is 7.14. The minimum absolute atomic E-state index is 0.199. The highest BCUT2D eigenvalue weighted by Gasteiger charge is 2.37. The fraction of sp³-hybridized carbons (Fsp3) is 0.611. The van der Waals surface area contributed by atoms with Crippen LogP contribution in [0.2, 0.25) is 0 Å². The summed E-state index contributed by atoms with van der Waals surface area (Å²) in [5.74, 6) is -4.50. The van der Waals surface area contributed by atoms with Crippen molar-refractivity contribution < 1.29 is 38.7 Å². The maximum Gasteiger partial charge on any atom is 0.248 e. The number of aliphatic hydroxyl groups excluding tert-OH is 1. The maximum absolute atomic E-state index is 12.8. The van der Waals surface area contributed by atoms with Gasteiger partial charge < -0.3 is 42.3 Å². The molecule has 1 fully saturated rings. The first kappa shape index (κ1) is 27.3. The largest absolute Gasteiger partial charge is 0.394 e. The Morgan fingerprint density at radius 1 is 0.909 bits per heavy atom. The van der Waals surface area contributed by atoms with Gasteiger partial charge in [0.25, 0.3) is 0 Å². The standard InChI is InChI=1S/C18H29N7O8/c1-10(27)20-6-14(29)22-8-16(31)24-11(9-26)18(33)25-4-2-3-12(25)17(32)23-7-15(30)21-5-13(19)28/h11-12,26H,2-9H2,1H3,(H2,19,28)(H,20,27)(H,21,30)(H,22,29)(H,23,32)(H,24,31)/t11-,12-/m0/s1. The molecule has 8 N–H and O–H groups in total. The van der Waals surface area contributed by atoms with E-state index in [0.717, 1.165) is 0 Å². The van der Waals surface area contributed by atoms with Crippen molar-refractivity contribution in [2.75, 3.05) is 39.3 Å². The first-order chi connectivity index (χ1) is 15.5. The van der Waals surface area contributed by atoms with E-state index < -0.39 is 73.1 Å². The number of aliphatic hydroxyl groups is 1. The molecular weight excluding hydrogens is 442 g/mol. The number of hydrogen-bond donors (Lipinski definition) is 7. The number of hydrogen-bond acceptors (Lipinski definition) is 8. The summed E-state index contributed by atoms with van der Waals surface area (Å²) in [6, 6.07) is -2.26. The van der Waals surface area contributed by atoms with E-state index in [9.17, 15) is 38.7 Å². The molecule has 184 valence electrons. The monoisotopic (exact) mass is 471 g/mol. The summed E-state index contributed by atoms with van der Waals surface area (Å²) < 4.78 is 0. The topological polar surface area (TPSA) is 229 Å². The zero-order chi connectivity index (χ0) is 25.0. The summed E-state index contributed by atoms with van der Waals surface area (Å²) in [5.41, 5.74) is 4.91. The third kappa shape index (κ3) is 9.94. The van der Waals surface area contributed by atoms with Crippen LogP contribution in [-0.2, 0) is 33.6 Å². The van der Waals surface area contributed by atoms with Crippen LogP contribution in [0.1, 0.15) is 19.8 Å². The van der Waals surface area contributed by atoms with Gasteiger partial charge in [-0.1, -0.05) is 0 Å². The lowest BCUT2D eigenvalue weighted by molar-refractivity contribution is -0.142. The van der Waals surface area contributed by atoms with E-state index in [-0.39, 0.29) is 19.6 Å². The molecule has 0 aromatic rings. The first-order valence-corrected chi connectivity index (χ1v) is 10.1.